The number of aryl methyl sites for hydroxylation is 3. The smallest absolute Gasteiger partial charge is 0.276 e. The van der Waals surface area contributed by atoms with Crippen LogP contribution in [-0.2, 0) is 4.79 Å². The van der Waals surface area contributed by atoms with Crippen molar-refractivity contribution in [2.45, 2.75) is 46.5 Å². The monoisotopic (exact) mass is 438 g/mol. The number of benzene rings is 1. The Kier molecular flexibility index (Phi) is 6.89. The van der Waals surface area contributed by atoms with Crippen LogP contribution >= 0.6 is 0 Å². The molecule has 2 fully saturated rings. The number of likely N-dealkylation sites (tertiary alicyclic amines) is 1. The van der Waals surface area contributed by atoms with Crippen LogP contribution in [0, 0.1) is 20.8 Å². The molecule has 0 aliphatic carbocycles. The van der Waals surface area contributed by atoms with Crippen LogP contribution in [0.5, 0.6) is 0 Å². The molecule has 0 atom stereocenters. The second-order valence-electron chi connectivity index (χ2n) is 9.08. The third-order valence-corrected chi connectivity index (χ3v) is 6.53. The predicted molar refractivity (Wildman–Crippen MR) is 123 cm³/mol. The van der Waals surface area contributed by atoms with Crippen LogP contribution in [0.25, 0.3) is 5.69 Å². The molecule has 0 bridgehead atoms. The first kappa shape index (κ1) is 22.5. The summed E-state index contributed by atoms with van der Waals surface area (Å²) in [7, 11) is 0. The second-order valence-corrected chi connectivity index (χ2v) is 9.08. The summed E-state index contributed by atoms with van der Waals surface area (Å²) in [5.41, 5.74) is 4.17. The van der Waals surface area contributed by atoms with Crippen LogP contribution in [0.3, 0.4) is 0 Å². The van der Waals surface area contributed by atoms with Crippen LogP contribution in [0.1, 0.15) is 53.0 Å². The number of nitrogens with zero attached hydrogens (tertiary/aromatic N) is 6. The van der Waals surface area contributed by atoms with E-state index in [1.807, 2.05) is 35.8 Å². The fourth-order valence-corrected chi connectivity index (χ4v) is 4.58. The number of carbonyl (C=O) groups is 2. The Balaban J connectivity index is 1.35. The zero-order chi connectivity index (χ0) is 22.7. The summed E-state index contributed by atoms with van der Waals surface area (Å²) >= 11 is 0. The van der Waals surface area contributed by atoms with Gasteiger partial charge in [0, 0.05) is 39.3 Å². The van der Waals surface area contributed by atoms with E-state index in [2.05, 4.69) is 28.1 Å². The number of hydrogen-bond acceptors (Lipinski definition) is 5. The summed E-state index contributed by atoms with van der Waals surface area (Å²) in [5.74, 6) is 0.135. The molecule has 1 aromatic heterocycles. The molecule has 0 spiro atoms. The van der Waals surface area contributed by atoms with Crippen molar-refractivity contribution in [2.75, 3.05) is 45.8 Å². The highest BCUT2D eigenvalue weighted by Gasteiger charge is 2.28. The van der Waals surface area contributed by atoms with E-state index in [1.165, 1.54) is 18.4 Å². The van der Waals surface area contributed by atoms with Gasteiger partial charge in [0.15, 0.2) is 5.69 Å². The standard InChI is InChI=1S/C24H34N6O2/c1-18-8-9-21(19(2)16-18)30-25-20(3)23(26-30)24(32)29-14-12-27(13-15-29)17-22(31)28-10-6-4-5-7-11-28/h8-9,16H,4-7,10-15,17H2,1-3H3. The molecule has 32 heavy (non-hydrogen) atoms. The average Bonchev–Trinajstić information content (AvgIpc) is 2.97. The summed E-state index contributed by atoms with van der Waals surface area (Å²) in [6, 6.07) is 6.09. The third kappa shape index (κ3) is 5.01. The lowest BCUT2D eigenvalue weighted by Gasteiger charge is -2.35. The fraction of sp³-hybridized carbons (Fsp3) is 0.583. The topological polar surface area (TPSA) is 74.6 Å². The Morgan fingerprint density at radius 3 is 2.19 bits per heavy atom. The molecule has 172 valence electrons. The van der Waals surface area contributed by atoms with Gasteiger partial charge in [-0.25, -0.2) is 0 Å². The Morgan fingerprint density at radius 2 is 1.53 bits per heavy atom. The Labute approximate surface area is 190 Å². The Bertz CT molecular complexity index is 969. The minimum atomic E-state index is -0.0861. The van der Waals surface area contributed by atoms with Crippen LogP contribution < -0.4 is 0 Å². The highest BCUT2D eigenvalue weighted by molar-refractivity contribution is 5.93. The van der Waals surface area contributed by atoms with Crippen LogP contribution in [-0.4, -0.2) is 87.3 Å². The van der Waals surface area contributed by atoms with Gasteiger partial charge in [0.05, 0.1) is 17.9 Å². The van der Waals surface area contributed by atoms with Gasteiger partial charge in [-0.05, 0) is 45.2 Å². The molecule has 0 radical (unpaired) electrons. The van der Waals surface area contributed by atoms with Crippen molar-refractivity contribution in [3.05, 3.63) is 40.7 Å². The van der Waals surface area contributed by atoms with E-state index >= 15 is 0 Å². The summed E-state index contributed by atoms with van der Waals surface area (Å²) in [6.45, 7) is 10.7. The van der Waals surface area contributed by atoms with Crippen molar-refractivity contribution >= 4 is 11.8 Å². The van der Waals surface area contributed by atoms with Crippen LogP contribution in [0.2, 0.25) is 0 Å². The first-order valence-corrected chi connectivity index (χ1v) is 11.7. The highest BCUT2D eigenvalue weighted by atomic mass is 16.2. The minimum absolute atomic E-state index is 0.0861. The number of rotatable bonds is 4. The molecule has 4 rings (SSSR count). The number of hydrogen-bond donors (Lipinski definition) is 0. The predicted octanol–water partition coefficient (Wildman–Crippen LogP) is 2.35. The van der Waals surface area contributed by atoms with Crippen molar-refractivity contribution in [1.82, 2.24) is 29.7 Å². The van der Waals surface area contributed by atoms with E-state index < -0.39 is 0 Å². The number of aromatic nitrogens is 3. The summed E-state index contributed by atoms with van der Waals surface area (Å²) in [4.78, 5) is 33.4. The van der Waals surface area contributed by atoms with Gasteiger partial charge < -0.3 is 9.80 Å². The van der Waals surface area contributed by atoms with Crippen molar-refractivity contribution < 1.29 is 9.59 Å². The largest absolute Gasteiger partial charge is 0.342 e. The lowest BCUT2D eigenvalue weighted by atomic mass is 10.1. The molecule has 0 unspecified atom stereocenters. The van der Waals surface area contributed by atoms with Gasteiger partial charge in [0.25, 0.3) is 5.91 Å². The summed E-state index contributed by atoms with van der Waals surface area (Å²) in [6.07, 6.45) is 4.66. The van der Waals surface area contributed by atoms with Crippen LogP contribution in [0.4, 0.5) is 0 Å². The van der Waals surface area contributed by atoms with E-state index in [0.717, 1.165) is 37.2 Å². The molecule has 8 heteroatoms. The lowest BCUT2D eigenvalue weighted by Crippen LogP contribution is -2.51. The van der Waals surface area contributed by atoms with Gasteiger partial charge >= 0.3 is 0 Å². The maximum Gasteiger partial charge on any atom is 0.276 e. The van der Waals surface area contributed by atoms with Gasteiger partial charge in [-0.3, -0.25) is 14.5 Å². The zero-order valence-electron chi connectivity index (χ0n) is 19.5. The van der Waals surface area contributed by atoms with Crippen LogP contribution in [0.15, 0.2) is 18.2 Å². The number of carbonyl (C=O) groups excluding carboxylic acids is 2. The first-order chi connectivity index (χ1) is 15.4. The molecule has 8 nitrogen and oxygen atoms in total. The molecular weight excluding hydrogens is 404 g/mol. The lowest BCUT2D eigenvalue weighted by molar-refractivity contribution is -0.132. The maximum absolute atomic E-state index is 13.1. The highest BCUT2D eigenvalue weighted by Crippen LogP contribution is 2.17. The Morgan fingerprint density at radius 1 is 0.844 bits per heavy atom. The van der Waals surface area contributed by atoms with Crippen molar-refractivity contribution in [2.24, 2.45) is 0 Å². The van der Waals surface area contributed by atoms with Crippen molar-refractivity contribution in [1.29, 1.82) is 0 Å². The van der Waals surface area contributed by atoms with E-state index in [9.17, 15) is 9.59 Å². The molecule has 2 aromatic rings. The first-order valence-electron chi connectivity index (χ1n) is 11.7. The molecule has 0 N–H and O–H groups in total. The second kappa shape index (κ2) is 9.81. The average molecular weight is 439 g/mol. The molecule has 2 amide bonds. The number of piperazine rings is 1. The van der Waals surface area contributed by atoms with Crippen molar-refractivity contribution in [3.63, 3.8) is 0 Å². The van der Waals surface area contributed by atoms with E-state index in [0.29, 0.717) is 44.1 Å². The van der Waals surface area contributed by atoms with Gasteiger partial charge in [-0.15, -0.1) is 5.10 Å². The molecule has 0 saturated carbocycles. The fourth-order valence-electron chi connectivity index (χ4n) is 4.58. The number of amides is 2. The summed E-state index contributed by atoms with van der Waals surface area (Å²) in [5, 5.41) is 9.02. The SMILES string of the molecule is Cc1ccc(-n2nc(C)c(C(=O)N3CCN(CC(=O)N4CCCCCC4)CC3)n2)c(C)c1. The molecule has 2 saturated heterocycles. The molecule has 2 aliphatic heterocycles. The van der Waals surface area contributed by atoms with E-state index in [4.69, 9.17) is 0 Å². The zero-order valence-corrected chi connectivity index (χ0v) is 19.5. The van der Waals surface area contributed by atoms with Crippen molar-refractivity contribution in [3.8, 4) is 5.69 Å². The quantitative estimate of drug-likeness (QED) is 0.733. The summed E-state index contributed by atoms with van der Waals surface area (Å²) < 4.78 is 0. The molecular formula is C24H34N6O2. The minimum Gasteiger partial charge on any atom is -0.342 e. The maximum atomic E-state index is 13.1. The van der Waals surface area contributed by atoms with Gasteiger partial charge in [-0.1, -0.05) is 30.5 Å². The molecule has 1 aromatic carbocycles. The third-order valence-electron chi connectivity index (χ3n) is 6.53. The molecule has 3 heterocycles. The normalized spacial score (nSPS) is 18.0. The van der Waals surface area contributed by atoms with E-state index in [-0.39, 0.29) is 11.8 Å². The van der Waals surface area contributed by atoms with Gasteiger partial charge in [0.2, 0.25) is 5.91 Å². The molecule has 2 aliphatic rings. The Hall–Kier alpha value is -2.74. The van der Waals surface area contributed by atoms with Gasteiger partial charge in [-0.2, -0.15) is 9.90 Å². The van der Waals surface area contributed by atoms with E-state index in [1.54, 1.807) is 4.80 Å². The van der Waals surface area contributed by atoms with Gasteiger partial charge in [0.1, 0.15) is 0 Å².